The fourth-order valence-electron chi connectivity index (χ4n) is 2.76. The van der Waals surface area contributed by atoms with Gasteiger partial charge in [-0.15, -0.1) is 0 Å². The lowest BCUT2D eigenvalue weighted by Gasteiger charge is -2.04. The van der Waals surface area contributed by atoms with Gasteiger partial charge in [-0.25, -0.2) is 4.98 Å². The summed E-state index contributed by atoms with van der Waals surface area (Å²) in [6.45, 7) is 0. The van der Waals surface area contributed by atoms with Gasteiger partial charge in [0.25, 0.3) is 0 Å². The van der Waals surface area contributed by atoms with Crippen molar-refractivity contribution < 1.29 is 4.39 Å². The predicted octanol–water partition coefficient (Wildman–Crippen LogP) is 3.06. The van der Waals surface area contributed by atoms with E-state index in [2.05, 4.69) is 15.1 Å². The Morgan fingerprint density at radius 3 is 2.86 bits per heavy atom. The molecule has 7 heteroatoms. The van der Waals surface area contributed by atoms with E-state index in [1.165, 1.54) is 0 Å². The van der Waals surface area contributed by atoms with Crippen LogP contribution in [0.4, 0.5) is 4.39 Å². The molecule has 1 aliphatic carbocycles. The largest absolute Gasteiger partial charge is 0.260 e. The molecule has 0 bridgehead atoms. The number of fused-ring (bicyclic) bond motifs is 1. The quantitative estimate of drug-likeness (QED) is 0.729. The second-order valence-corrected chi connectivity index (χ2v) is 5.66. The molecule has 0 aromatic carbocycles. The summed E-state index contributed by atoms with van der Waals surface area (Å²) in [4.78, 5) is 8.40. The molecule has 3 aromatic heterocycles. The zero-order valence-electron chi connectivity index (χ0n) is 11.2. The second-order valence-electron chi connectivity index (χ2n) is 5.27. The molecule has 0 N–H and O–H groups in total. The molecule has 3 heterocycles. The standard InChI is InChI=1S/C15H9ClFN5/c16-13-4-11(15-20-7-14(17)22(15)21-13)9-3-10(9)12-2-1-8(5-18)6-19-12/h1-2,4,6-7,9-10H,3H2/t9-,10-/m0/s1. The molecule has 1 fully saturated rings. The molecule has 2 atom stereocenters. The lowest BCUT2D eigenvalue weighted by Crippen LogP contribution is -1.99. The monoisotopic (exact) mass is 313 g/mol. The predicted molar refractivity (Wildman–Crippen MR) is 77.0 cm³/mol. The number of pyridine rings is 1. The topological polar surface area (TPSA) is 66.9 Å². The first-order chi connectivity index (χ1) is 10.7. The molecule has 0 saturated heterocycles. The highest BCUT2D eigenvalue weighted by atomic mass is 35.5. The van der Waals surface area contributed by atoms with Crippen LogP contribution in [-0.4, -0.2) is 19.6 Å². The maximum atomic E-state index is 13.6. The van der Waals surface area contributed by atoms with E-state index in [1.807, 2.05) is 12.1 Å². The number of nitrogens with zero attached hydrogens (tertiary/aromatic N) is 5. The van der Waals surface area contributed by atoms with E-state index in [4.69, 9.17) is 16.9 Å². The van der Waals surface area contributed by atoms with Gasteiger partial charge in [-0.3, -0.25) is 4.98 Å². The van der Waals surface area contributed by atoms with Crippen LogP contribution in [0.3, 0.4) is 0 Å². The van der Waals surface area contributed by atoms with Crippen molar-refractivity contribution in [1.82, 2.24) is 19.6 Å². The van der Waals surface area contributed by atoms with Gasteiger partial charge in [0.2, 0.25) is 5.95 Å². The van der Waals surface area contributed by atoms with Crippen molar-refractivity contribution in [3.63, 3.8) is 0 Å². The smallest absolute Gasteiger partial charge is 0.234 e. The van der Waals surface area contributed by atoms with Crippen molar-refractivity contribution in [2.75, 3.05) is 0 Å². The van der Waals surface area contributed by atoms with E-state index >= 15 is 0 Å². The van der Waals surface area contributed by atoms with E-state index in [0.717, 1.165) is 28.4 Å². The molecule has 5 nitrogen and oxygen atoms in total. The van der Waals surface area contributed by atoms with Crippen LogP contribution in [0.15, 0.2) is 30.6 Å². The highest BCUT2D eigenvalue weighted by molar-refractivity contribution is 6.29. The highest BCUT2D eigenvalue weighted by Crippen LogP contribution is 2.55. The summed E-state index contributed by atoms with van der Waals surface area (Å²) >= 11 is 5.98. The zero-order valence-corrected chi connectivity index (χ0v) is 12.0. The first kappa shape index (κ1) is 13.2. The second kappa shape index (κ2) is 4.75. The molecule has 108 valence electrons. The van der Waals surface area contributed by atoms with Crippen LogP contribution < -0.4 is 0 Å². The third kappa shape index (κ3) is 2.02. The fraction of sp³-hybridized carbons (Fsp3) is 0.200. The summed E-state index contributed by atoms with van der Waals surface area (Å²) in [5.74, 6) is -0.118. The Hall–Kier alpha value is -2.52. The Morgan fingerprint density at radius 1 is 1.27 bits per heavy atom. The average Bonchev–Trinajstić information content (AvgIpc) is 3.25. The number of nitriles is 1. The average molecular weight is 314 g/mol. The van der Waals surface area contributed by atoms with Crippen LogP contribution in [0.1, 0.15) is 35.1 Å². The van der Waals surface area contributed by atoms with E-state index < -0.39 is 5.95 Å². The summed E-state index contributed by atoms with van der Waals surface area (Å²) in [6.07, 6.45) is 3.60. The summed E-state index contributed by atoms with van der Waals surface area (Å²) < 4.78 is 14.8. The molecule has 1 aliphatic rings. The van der Waals surface area contributed by atoms with Gasteiger partial charge < -0.3 is 0 Å². The third-order valence-corrected chi connectivity index (χ3v) is 4.09. The van der Waals surface area contributed by atoms with Gasteiger partial charge in [-0.05, 0) is 30.5 Å². The van der Waals surface area contributed by atoms with Gasteiger partial charge in [0.05, 0.1) is 11.8 Å². The fourth-order valence-corrected chi connectivity index (χ4v) is 2.96. The van der Waals surface area contributed by atoms with Crippen molar-refractivity contribution in [1.29, 1.82) is 5.26 Å². The van der Waals surface area contributed by atoms with Crippen LogP contribution in [0.25, 0.3) is 5.65 Å². The van der Waals surface area contributed by atoms with Crippen LogP contribution in [0.5, 0.6) is 0 Å². The van der Waals surface area contributed by atoms with Crippen molar-refractivity contribution in [2.45, 2.75) is 18.3 Å². The van der Waals surface area contributed by atoms with E-state index in [9.17, 15) is 4.39 Å². The zero-order chi connectivity index (χ0) is 15.3. The number of halogens is 2. The molecule has 0 spiro atoms. The molecule has 1 saturated carbocycles. The van der Waals surface area contributed by atoms with Crippen LogP contribution >= 0.6 is 11.6 Å². The minimum atomic E-state index is -0.535. The van der Waals surface area contributed by atoms with Gasteiger partial charge >= 0.3 is 0 Å². The Bertz CT molecular complexity index is 912. The maximum Gasteiger partial charge on any atom is 0.234 e. The van der Waals surface area contributed by atoms with Crippen molar-refractivity contribution in [2.24, 2.45) is 0 Å². The molecular formula is C15H9ClFN5. The molecule has 4 rings (SSSR count). The first-order valence-electron chi connectivity index (χ1n) is 6.73. The number of hydrogen-bond donors (Lipinski definition) is 0. The Labute approximate surface area is 130 Å². The first-order valence-corrected chi connectivity index (χ1v) is 7.11. The molecule has 0 amide bonds. The number of imidazole rings is 1. The van der Waals surface area contributed by atoms with Gasteiger partial charge in [0.15, 0.2) is 10.8 Å². The van der Waals surface area contributed by atoms with Crippen LogP contribution in [-0.2, 0) is 0 Å². The molecule has 0 aliphatic heterocycles. The molecule has 0 unspecified atom stereocenters. The summed E-state index contributed by atoms with van der Waals surface area (Å²) in [5.41, 5.74) is 2.82. The maximum absolute atomic E-state index is 13.6. The minimum absolute atomic E-state index is 0.185. The van der Waals surface area contributed by atoms with Crippen molar-refractivity contribution in [3.8, 4) is 6.07 Å². The lowest BCUT2D eigenvalue weighted by atomic mass is 10.1. The van der Waals surface area contributed by atoms with E-state index in [1.54, 1.807) is 18.3 Å². The Morgan fingerprint density at radius 2 is 2.14 bits per heavy atom. The van der Waals surface area contributed by atoms with Crippen molar-refractivity contribution in [3.05, 3.63) is 58.5 Å². The van der Waals surface area contributed by atoms with Gasteiger partial charge in [-0.1, -0.05) is 11.6 Å². The lowest BCUT2D eigenvalue weighted by molar-refractivity contribution is 0.548. The van der Waals surface area contributed by atoms with E-state index in [-0.39, 0.29) is 17.0 Å². The SMILES string of the molecule is N#Cc1ccc([C@H]2C[C@@H]2c2cc(Cl)nn3c(F)cnc23)nc1. The van der Waals surface area contributed by atoms with E-state index in [0.29, 0.717) is 11.2 Å². The molecule has 22 heavy (non-hydrogen) atoms. The van der Waals surface area contributed by atoms with Gasteiger partial charge in [0.1, 0.15) is 6.07 Å². The van der Waals surface area contributed by atoms with Gasteiger partial charge in [-0.2, -0.15) is 19.3 Å². The number of hydrogen-bond acceptors (Lipinski definition) is 4. The van der Waals surface area contributed by atoms with Gasteiger partial charge in [0, 0.05) is 23.4 Å². The minimum Gasteiger partial charge on any atom is -0.260 e. The van der Waals surface area contributed by atoms with Crippen LogP contribution in [0.2, 0.25) is 5.15 Å². The summed E-state index contributed by atoms with van der Waals surface area (Å²) in [6, 6.07) is 7.39. The summed E-state index contributed by atoms with van der Waals surface area (Å²) in [5, 5.41) is 13.0. The third-order valence-electron chi connectivity index (χ3n) is 3.91. The highest BCUT2D eigenvalue weighted by Gasteiger charge is 2.42. The number of aromatic nitrogens is 4. The normalized spacial score (nSPS) is 20.0. The molecule has 0 radical (unpaired) electrons. The molecule has 3 aromatic rings. The van der Waals surface area contributed by atoms with Crippen molar-refractivity contribution >= 4 is 17.2 Å². The number of rotatable bonds is 2. The Balaban J connectivity index is 1.71. The van der Waals surface area contributed by atoms with Crippen LogP contribution in [0, 0.1) is 17.3 Å². The Kier molecular flexibility index (Phi) is 2.84. The molecular weight excluding hydrogens is 305 g/mol. The summed E-state index contributed by atoms with van der Waals surface area (Å²) in [7, 11) is 0.